The van der Waals surface area contributed by atoms with Gasteiger partial charge >= 0.3 is 0 Å². The van der Waals surface area contributed by atoms with Crippen molar-refractivity contribution in [2.24, 2.45) is 0 Å². The number of nitrogens with one attached hydrogen (secondary N) is 1. The van der Waals surface area contributed by atoms with Crippen LogP contribution in [0.1, 0.15) is 12.8 Å². The highest BCUT2D eigenvalue weighted by atomic mass is 35.5. The Morgan fingerprint density at radius 2 is 2.45 bits per heavy atom. The lowest BCUT2D eigenvalue weighted by atomic mass is 10.1. The van der Waals surface area contributed by atoms with Gasteiger partial charge in [0.25, 0.3) is 0 Å². The fourth-order valence-corrected chi connectivity index (χ4v) is 2.36. The van der Waals surface area contributed by atoms with Gasteiger partial charge in [0.05, 0.1) is 0 Å². The highest BCUT2D eigenvalue weighted by Crippen LogP contribution is 2.33. The summed E-state index contributed by atoms with van der Waals surface area (Å²) >= 11 is 1.41. The zero-order valence-corrected chi connectivity index (χ0v) is 7.63. The Morgan fingerprint density at radius 1 is 1.64 bits per heavy atom. The van der Waals surface area contributed by atoms with Crippen LogP contribution in [0, 0.1) is 0 Å². The van der Waals surface area contributed by atoms with Crippen molar-refractivity contribution in [3.63, 3.8) is 0 Å². The number of halogens is 1. The standard InChI is InChI=1S/C7H9NOS.ClH/c9-7-4-5-6(10-7)2-1-3-8-5;/h2,5,8H,1,3-4H2;1H. The van der Waals surface area contributed by atoms with Gasteiger partial charge < -0.3 is 5.32 Å². The average Bonchev–Trinajstić information content (AvgIpc) is 2.27. The van der Waals surface area contributed by atoms with Crippen LogP contribution in [0.25, 0.3) is 0 Å². The summed E-state index contributed by atoms with van der Waals surface area (Å²) in [5.41, 5.74) is 0. The molecule has 0 aromatic carbocycles. The normalized spacial score (nSPS) is 28.9. The maximum absolute atomic E-state index is 10.9. The van der Waals surface area contributed by atoms with Crippen LogP contribution in [0.2, 0.25) is 0 Å². The molecule has 2 aliphatic rings. The predicted octanol–water partition coefficient (Wildman–Crippen LogP) is 1.32. The maximum Gasteiger partial charge on any atom is 0.195 e. The van der Waals surface area contributed by atoms with E-state index >= 15 is 0 Å². The van der Waals surface area contributed by atoms with Crippen LogP contribution in [0.15, 0.2) is 11.0 Å². The zero-order valence-electron chi connectivity index (χ0n) is 6.00. The van der Waals surface area contributed by atoms with Gasteiger partial charge in [0.15, 0.2) is 5.12 Å². The molecule has 0 aliphatic carbocycles. The molecular formula is C7H10ClNOS. The monoisotopic (exact) mass is 191 g/mol. The van der Waals surface area contributed by atoms with Gasteiger partial charge in [-0.2, -0.15) is 0 Å². The molecule has 1 fully saturated rings. The van der Waals surface area contributed by atoms with Gasteiger partial charge in [0, 0.05) is 17.4 Å². The molecule has 2 nitrogen and oxygen atoms in total. The van der Waals surface area contributed by atoms with Crippen molar-refractivity contribution < 1.29 is 4.79 Å². The fraction of sp³-hybridized carbons (Fsp3) is 0.571. The quantitative estimate of drug-likeness (QED) is 0.626. The molecule has 1 unspecified atom stereocenters. The number of rotatable bonds is 0. The molecule has 62 valence electrons. The molecule has 11 heavy (non-hydrogen) atoms. The molecule has 0 aromatic rings. The molecule has 1 atom stereocenters. The lowest BCUT2D eigenvalue weighted by Gasteiger charge is -2.16. The summed E-state index contributed by atoms with van der Waals surface area (Å²) in [4.78, 5) is 12.1. The first kappa shape index (κ1) is 9.10. The van der Waals surface area contributed by atoms with E-state index < -0.39 is 0 Å². The van der Waals surface area contributed by atoms with Crippen LogP contribution < -0.4 is 5.32 Å². The third-order valence-electron chi connectivity index (χ3n) is 1.83. The number of hydrogen-bond donors (Lipinski definition) is 1. The topological polar surface area (TPSA) is 29.1 Å². The van der Waals surface area contributed by atoms with Crippen LogP contribution in [-0.2, 0) is 4.79 Å². The van der Waals surface area contributed by atoms with Crippen LogP contribution in [0.3, 0.4) is 0 Å². The molecule has 4 heteroatoms. The Labute approximate surface area is 76.2 Å². The van der Waals surface area contributed by atoms with Gasteiger partial charge in [-0.05, 0) is 13.0 Å². The second-order valence-corrected chi connectivity index (χ2v) is 3.71. The van der Waals surface area contributed by atoms with Crippen molar-refractivity contribution in [3.8, 4) is 0 Å². The molecule has 1 saturated heterocycles. The third-order valence-corrected chi connectivity index (χ3v) is 2.91. The van der Waals surface area contributed by atoms with E-state index in [1.165, 1.54) is 16.7 Å². The minimum absolute atomic E-state index is 0. The molecule has 0 radical (unpaired) electrons. The lowest BCUT2D eigenvalue weighted by molar-refractivity contribution is -0.110. The van der Waals surface area contributed by atoms with Gasteiger partial charge in [0.2, 0.25) is 0 Å². The Hall–Kier alpha value is 0.01000. The Bertz CT molecular complexity index is 205. The van der Waals surface area contributed by atoms with E-state index in [1.54, 1.807) is 0 Å². The average molecular weight is 192 g/mol. The molecule has 0 amide bonds. The zero-order chi connectivity index (χ0) is 6.97. The number of carbonyl (C=O) groups excluding carboxylic acids is 1. The molecule has 2 rings (SSSR count). The number of hydrogen-bond acceptors (Lipinski definition) is 3. The number of fused-ring (bicyclic) bond motifs is 1. The maximum atomic E-state index is 10.9. The summed E-state index contributed by atoms with van der Waals surface area (Å²) in [7, 11) is 0. The van der Waals surface area contributed by atoms with E-state index in [-0.39, 0.29) is 12.4 Å². The van der Waals surface area contributed by atoms with Crippen molar-refractivity contribution in [2.45, 2.75) is 18.9 Å². The lowest BCUT2D eigenvalue weighted by Crippen LogP contribution is -2.31. The smallest absolute Gasteiger partial charge is 0.195 e. The second-order valence-electron chi connectivity index (χ2n) is 2.58. The molecule has 0 aromatic heterocycles. The van der Waals surface area contributed by atoms with Crippen molar-refractivity contribution >= 4 is 29.3 Å². The molecular weight excluding hydrogens is 182 g/mol. The Kier molecular flexibility index (Phi) is 2.98. The van der Waals surface area contributed by atoms with Crippen molar-refractivity contribution in [2.75, 3.05) is 6.54 Å². The summed E-state index contributed by atoms with van der Waals surface area (Å²) < 4.78 is 0. The van der Waals surface area contributed by atoms with Gasteiger partial charge in [-0.3, -0.25) is 4.79 Å². The first-order valence-electron chi connectivity index (χ1n) is 3.50. The van der Waals surface area contributed by atoms with Crippen LogP contribution in [0.5, 0.6) is 0 Å². The highest BCUT2D eigenvalue weighted by Gasteiger charge is 2.29. The summed E-state index contributed by atoms with van der Waals surface area (Å²) in [6.07, 6.45) is 3.94. The highest BCUT2D eigenvalue weighted by molar-refractivity contribution is 8.17. The Balaban J connectivity index is 0.000000605. The molecule has 2 aliphatic heterocycles. The van der Waals surface area contributed by atoms with E-state index in [9.17, 15) is 4.79 Å². The molecule has 2 heterocycles. The largest absolute Gasteiger partial charge is 0.309 e. The SMILES string of the molecule is Cl.O=C1CC2NCCC=C2S1. The molecule has 0 spiro atoms. The summed E-state index contributed by atoms with van der Waals surface area (Å²) in [6.45, 7) is 1.03. The van der Waals surface area contributed by atoms with E-state index in [1.807, 2.05) is 0 Å². The number of carbonyl (C=O) groups is 1. The fourth-order valence-electron chi connectivity index (χ4n) is 1.34. The van der Waals surface area contributed by atoms with Gasteiger partial charge in [-0.25, -0.2) is 0 Å². The first-order valence-corrected chi connectivity index (χ1v) is 4.32. The summed E-state index contributed by atoms with van der Waals surface area (Å²) in [5.74, 6) is 0. The Morgan fingerprint density at radius 3 is 3.18 bits per heavy atom. The third kappa shape index (κ3) is 1.78. The van der Waals surface area contributed by atoms with Crippen LogP contribution in [-0.4, -0.2) is 17.7 Å². The minimum Gasteiger partial charge on any atom is -0.309 e. The van der Waals surface area contributed by atoms with Crippen LogP contribution >= 0.6 is 24.2 Å². The van der Waals surface area contributed by atoms with E-state index in [4.69, 9.17) is 0 Å². The van der Waals surface area contributed by atoms with E-state index in [0.29, 0.717) is 17.6 Å². The van der Waals surface area contributed by atoms with Gasteiger partial charge in [-0.1, -0.05) is 17.8 Å². The molecule has 0 bridgehead atoms. The predicted molar refractivity (Wildman–Crippen MR) is 49.0 cm³/mol. The van der Waals surface area contributed by atoms with Crippen molar-refractivity contribution in [3.05, 3.63) is 11.0 Å². The minimum atomic E-state index is 0. The van der Waals surface area contributed by atoms with Crippen molar-refractivity contribution in [1.29, 1.82) is 0 Å². The van der Waals surface area contributed by atoms with Gasteiger partial charge in [-0.15, -0.1) is 12.4 Å². The van der Waals surface area contributed by atoms with Gasteiger partial charge in [0.1, 0.15) is 0 Å². The summed E-state index contributed by atoms with van der Waals surface area (Å²) in [6, 6.07) is 0.367. The molecule has 0 saturated carbocycles. The second kappa shape index (κ2) is 3.61. The summed E-state index contributed by atoms with van der Waals surface area (Å²) in [5, 5.41) is 3.61. The van der Waals surface area contributed by atoms with Crippen LogP contribution in [0.4, 0.5) is 0 Å². The van der Waals surface area contributed by atoms with Crippen molar-refractivity contribution in [1.82, 2.24) is 5.32 Å². The molecule has 1 N–H and O–H groups in total. The van der Waals surface area contributed by atoms with E-state index in [0.717, 1.165) is 13.0 Å². The number of thioether (sulfide) groups is 1. The first-order chi connectivity index (χ1) is 4.86. The van der Waals surface area contributed by atoms with E-state index in [2.05, 4.69) is 11.4 Å².